The zero-order valence-electron chi connectivity index (χ0n) is 7.80. The van der Waals surface area contributed by atoms with E-state index in [4.69, 9.17) is 5.73 Å². The summed E-state index contributed by atoms with van der Waals surface area (Å²) in [7, 11) is 1.70. The Hall–Kier alpha value is -1.14. The maximum absolute atomic E-state index is 10.9. The standard InChI is InChI=1S/C8H12N4OS/c1-10-6(8(9)13)4-14-7-2-3-11-5-12-7/h2-3,5-6,10H,4H2,1H3,(H2,9,13). The van der Waals surface area contributed by atoms with Crippen molar-refractivity contribution in [1.82, 2.24) is 15.3 Å². The molecule has 6 heteroatoms. The van der Waals surface area contributed by atoms with Gasteiger partial charge in [0.05, 0.1) is 11.1 Å². The van der Waals surface area contributed by atoms with E-state index < -0.39 is 0 Å². The number of likely N-dealkylation sites (N-methyl/N-ethyl adjacent to an activating group) is 1. The smallest absolute Gasteiger partial charge is 0.235 e. The minimum absolute atomic E-state index is 0.324. The van der Waals surface area contributed by atoms with Crippen LogP contribution in [0.4, 0.5) is 0 Å². The van der Waals surface area contributed by atoms with Gasteiger partial charge in [0.25, 0.3) is 0 Å². The number of nitrogens with two attached hydrogens (primary N) is 1. The van der Waals surface area contributed by atoms with Gasteiger partial charge in [0.2, 0.25) is 5.91 Å². The number of nitrogens with one attached hydrogen (secondary N) is 1. The Kier molecular flexibility index (Phi) is 4.34. The molecule has 0 saturated carbocycles. The second kappa shape index (κ2) is 5.56. The number of hydrogen-bond donors (Lipinski definition) is 2. The average Bonchev–Trinajstić information content (AvgIpc) is 2.20. The highest BCUT2D eigenvalue weighted by Crippen LogP contribution is 2.14. The maximum Gasteiger partial charge on any atom is 0.235 e. The molecule has 0 spiro atoms. The van der Waals surface area contributed by atoms with Crippen LogP contribution in [0.2, 0.25) is 0 Å². The second-order valence-electron chi connectivity index (χ2n) is 2.60. The van der Waals surface area contributed by atoms with Crippen LogP contribution in [0.25, 0.3) is 0 Å². The first-order valence-electron chi connectivity index (χ1n) is 4.09. The molecule has 3 N–H and O–H groups in total. The largest absolute Gasteiger partial charge is 0.368 e. The second-order valence-corrected chi connectivity index (χ2v) is 3.64. The van der Waals surface area contributed by atoms with Gasteiger partial charge in [-0.3, -0.25) is 4.79 Å². The molecule has 1 rings (SSSR count). The Bertz CT molecular complexity index is 293. The molecule has 0 aliphatic carbocycles. The van der Waals surface area contributed by atoms with E-state index >= 15 is 0 Å². The fourth-order valence-corrected chi connectivity index (χ4v) is 1.79. The molecule has 0 bridgehead atoms. The number of rotatable bonds is 5. The molecular weight excluding hydrogens is 200 g/mol. The summed E-state index contributed by atoms with van der Waals surface area (Å²) in [4.78, 5) is 18.7. The van der Waals surface area contributed by atoms with E-state index in [0.29, 0.717) is 5.75 Å². The van der Waals surface area contributed by atoms with Crippen molar-refractivity contribution >= 4 is 17.7 Å². The molecule has 1 amide bonds. The van der Waals surface area contributed by atoms with Crippen molar-refractivity contribution in [2.24, 2.45) is 5.73 Å². The third kappa shape index (κ3) is 3.31. The van der Waals surface area contributed by atoms with E-state index in [9.17, 15) is 4.79 Å². The van der Waals surface area contributed by atoms with Crippen LogP contribution in [-0.2, 0) is 4.79 Å². The van der Waals surface area contributed by atoms with Crippen molar-refractivity contribution in [3.63, 3.8) is 0 Å². The van der Waals surface area contributed by atoms with Crippen LogP contribution in [0.15, 0.2) is 23.6 Å². The first-order chi connectivity index (χ1) is 6.74. The van der Waals surface area contributed by atoms with Crippen LogP contribution >= 0.6 is 11.8 Å². The summed E-state index contributed by atoms with van der Waals surface area (Å²) in [6, 6.07) is 1.47. The van der Waals surface area contributed by atoms with Gasteiger partial charge < -0.3 is 11.1 Å². The summed E-state index contributed by atoms with van der Waals surface area (Å²) >= 11 is 1.47. The molecule has 0 radical (unpaired) electrons. The van der Waals surface area contributed by atoms with Gasteiger partial charge in [0.15, 0.2) is 0 Å². The topological polar surface area (TPSA) is 80.9 Å². The van der Waals surface area contributed by atoms with Crippen molar-refractivity contribution in [1.29, 1.82) is 0 Å². The van der Waals surface area contributed by atoms with E-state index in [-0.39, 0.29) is 11.9 Å². The van der Waals surface area contributed by atoms with E-state index in [1.54, 1.807) is 19.3 Å². The molecule has 14 heavy (non-hydrogen) atoms. The van der Waals surface area contributed by atoms with E-state index in [1.807, 2.05) is 0 Å². The van der Waals surface area contributed by atoms with Gasteiger partial charge in [-0.1, -0.05) is 0 Å². The first kappa shape index (κ1) is 10.9. The van der Waals surface area contributed by atoms with Gasteiger partial charge >= 0.3 is 0 Å². The lowest BCUT2D eigenvalue weighted by atomic mass is 10.3. The molecule has 0 saturated heterocycles. The van der Waals surface area contributed by atoms with E-state index in [2.05, 4.69) is 15.3 Å². The first-order valence-corrected chi connectivity index (χ1v) is 5.08. The lowest BCUT2D eigenvalue weighted by molar-refractivity contribution is -0.119. The van der Waals surface area contributed by atoms with Gasteiger partial charge in [-0.25, -0.2) is 9.97 Å². The van der Waals surface area contributed by atoms with Crippen molar-refractivity contribution in [3.05, 3.63) is 18.6 Å². The third-order valence-corrected chi connectivity index (χ3v) is 2.68. The summed E-state index contributed by atoms with van der Waals surface area (Å²) in [5, 5.41) is 3.67. The minimum atomic E-state index is -0.353. The Morgan fingerprint density at radius 2 is 2.57 bits per heavy atom. The average molecular weight is 212 g/mol. The number of aromatic nitrogens is 2. The predicted octanol–water partition coefficient (Wildman–Crippen LogP) is -0.358. The molecular formula is C8H12N4OS. The number of nitrogens with zero attached hydrogens (tertiary/aromatic N) is 2. The quantitative estimate of drug-likeness (QED) is 0.514. The van der Waals surface area contributed by atoms with Crippen molar-refractivity contribution in [2.75, 3.05) is 12.8 Å². The number of hydrogen-bond acceptors (Lipinski definition) is 5. The molecule has 5 nitrogen and oxygen atoms in total. The molecule has 1 aromatic heterocycles. The number of carbonyl (C=O) groups is 1. The zero-order chi connectivity index (χ0) is 10.4. The zero-order valence-corrected chi connectivity index (χ0v) is 8.62. The van der Waals surface area contributed by atoms with Gasteiger partial charge in [-0.05, 0) is 13.1 Å². The van der Waals surface area contributed by atoms with Crippen LogP contribution < -0.4 is 11.1 Å². The Morgan fingerprint density at radius 3 is 3.07 bits per heavy atom. The molecule has 1 heterocycles. The fourth-order valence-electron chi connectivity index (χ4n) is 0.840. The van der Waals surface area contributed by atoms with Gasteiger partial charge in [0, 0.05) is 11.9 Å². The molecule has 0 aromatic carbocycles. The summed E-state index contributed by atoms with van der Waals surface area (Å²) in [5.41, 5.74) is 5.16. The normalized spacial score (nSPS) is 12.4. The Morgan fingerprint density at radius 1 is 1.79 bits per heavy atom. The summed E-state index contributed by atoms with van der Waals surface area (Å²) < 4.78 is 0. The van der Waals surface area contributed by atoms with E-state index in [1.165, 1.54) is 18.1 Å². The van der Waals surface area contributed by atoms with Crippen LogP contribution in [0.5, 0.6) is 0 Å². The maximum atomic E-state index is 10.9. The van der Waals surface area contributed by atoms with Crippen LogP contribution in [0.3, 0.4) is 0 Å². The van der Waals surface area contributed by atoms with Crippen LogP contribution in [0.1, 0.15) is 0 Å². The molecule has 76 valence electrons. The van der Waals surface area contributed by atoms with Crippen molar-refractivity contribution < 1.29 is 4.79 Å². The number of primary amides is 1. The van der Waals surface area contributed by atoms with Gasteiger partial charge in [-0.2, -0.15) is 0 Å². The monoisotopic (exact) mass is 212 g/mol. The van der Waals surface area contributed by atoms with Crippen LogP contribution in [0, 0.1) is 0 Å². The molecule has 0 fully saturated rings. The molecule has 0 aliphatic rings. The van der Waals surface area contributed by atoms with Gasteiger partial charge in [0.1, 0.15) is 6.33 Å². The fraction of sp³-hybridized carbons (Fsp3) is 0.375. The Balaban J connectivity index is 2.44. The third-order valence-electron chi connectivity index (χ3n) is 1.64. The molecule has 1 unspecified atom stereocenters. The predicted molar refractivity (Wildman–Crippen MR) is 54.8 cm³/mol. The molecule has 0 aliphatic heterocycles. The summed E-state index contributed by atoms with van der Waals surface area (Å²) in [5.74, 6) is 0.220. The lowest BCUT2D eigenvalue weighted by Gasteiger charge is -2.10. The lowest BCUT2D eigenvalue weighted by Crippen LogP contribution is -2.41. The summed E-state index contributed by atoms with van der Waals surface area (Å²) in [6.07, 6.45) is 3.13. The molecule has 1 aromatic rings. The number of thioether (sulfide) groups is 1. The highest BCUT2D eigenvalue weighted by molar-refractivity contribution is 7.99. The summed E-state index contributed by atoms with van der Waals surface area (Å²) in [6.45, 7) is 0. The van der Waals surface area contributed by atoms with E-state index in [0.717, 1.165) is 5.03 Å². The highest BCUT2D eigenvalue weighted by Gasteiger charge is 2.12. The highest BCUT2D eigenvalue weighted by atomic mass is 32.2. The number of amides is 1. The number of carbonyl (C=O) groups excluding carboxylic acids is 1. The van der Waals surface area contributed by atoms with Crippen molar-refractivity contribution in [3.8, 4) is 0 Å². The van der Waals surface area contributed by atoms with Crippen LogP contribution in [-0.4, -0.2) is 34.7 Å². The van der Waals surface area contributed by atoms with Gasteiger partial charge in [-0.15, -0.1) is 11.8 Å². The molecule has 1 atom stereocenters. The Labute approximate surface area is 86.5 Å². The SMILES string of the molecule is CNC(CSc1ccncn1)C(N)=O. The minimum Gasteiger partial charge on any atom is -0.368 e. The van der Waals surface area contributed by atoms with Crippen molar-refractivity contribution in [2.45, 2.75) is 11.1 Å².